The van der Waals surface area contributed by atoms with E-state index in [2.05, 4.69) is 0 Å². The first-order valence-electron chi connectivity index (χ1n) is 11.1. The lowest BCUT2D eigenvalue weighted by atomic mass is 9.94. The minimum atomic E-state index is -0.0856. The van der Waals surface area contributed by atoms with Crippen molar-refractivity contribution >= 4 is 17.3 Å². The number of carbonyl (C=O) groups excluding carboxylic acids is 2. The Morgan fingerprint density at radius 2 is 1.35 bits per heavy atom. The van der Waals surface area contributed by atoms with Crippen molar-refractivity contribution in [1.29, 1.82) is 0 Å². The fourth-order valence-electron chi connectivity index (χ4n) is 3.89. The molecule has 0 aromatic heterocycles. The van der Waals surface area contributed by atoms with Gasteiger partial charge < -0.3 is 19.1 Å². The fraction of sp³-hybridized carbons (Fsp3) is 0.214. The maximum atomic E-state index is 13.1. The Hall–Kier alpha value is -3.90. The summed E-state index contributed by atoms with van der Waals surface area (Å²) < 4.78 is 16.2. The molecule has 0 atom stereocenters. The number of hydrogen-bond acceptors (Lipinski definition) is 5. The summed E-state index contributed by atoms with van der Waals surface area (Å²) in [6.07, 6.45) is 1.64. The van der Waals surface area contributed by atoms with E-state index in [9.17, 15) is 9.59 Å². The van der Waals surface area contributed by atoms with Crippen LogP contribution in [-0.2, 0) is 9.53 Å². The van der Waals surface area contributed by atoms with Crippen molar-refractivity contribution in [2.24, 2.45) is 0 Å². The van der Waals surface area contributed by atoms with Crippen LogP contribution in [0.15, 0.2) is 78.9 Å². The molecule has 34 heavy (non-hydrogen) atoms. The molecular formula is C28H27NO5. The molecule has 0 unspecified atom stereocenters. The lowest BCUT2D eigenvalue weighted by Gasteiger charge is -2.26. The molecule has 4 rings (SSSR count). The number of morpholine rings is 1. The van der Waals surface area contributed by atoms with Crippen LogP contribution in [0.2, 0.25) is 0 Å². The summed E-state index contributed by atoms with van der Waals surface area (Å²) in [7, 11) is 3.16. The average Bonchev–Trinajstić information content (AvgIpc) is 2.92. The molecule has 3 aromatic rings. The number of ether oxygens (including phenoxy) is 3. The normalized spacial score (nSPS) is 13.9. The van der Waals surface area contributed by atoms with Crippen molar-refractivity contribution in [1.82, 2.24) is 4.90 Å². The Labute approximate surface area is 199 Å². The van der Waals surface area contributed by atoms with Crippen LogP contribution in [0.3, 0.4) is 0 Å². The molecule has 0 saturated carbocycles. The zero-order valence-electron chi connectivity index (χ0n) is 19.3. The first-order chi connectivity index (χ1) is 16.6. The quantitative estimate of drug-likeness (QED) is 0.393. The maximum absolute atomic E-state index is 13.1. The van der Waals surface area contributed by atoms with Gasteiger partial charge in [0.05, 0.1) is 27.4 Å². The molecule has 0 aliphatic carbocycles. The lowest BCUT2D eigenvalue weighted by molar-refractivity contribution is -0.129. The predicted molar refractivity (Wildman–Crippen MR) is 130 cm³/mol. The number of ketones is 1. The number of methoxy groups -OCH3 is 2. The van der Waals surface area contributed by atoms with Crippen molar-refractivity contribution in [3.63, 3.8) is 0 Å². The van der Waals surface area contributed by atoms with Gasteiger partial charge in [0.1, 0.15) is 0 Å². The number of nitrogens with zero attached hydrogens (tertiary/aromatic N) is 1. The molecular weight excluding hydrogens is 430 g/mol. The SMILES string of the molecule is COc1ccc(C(=CC(=O)N2CCOCC2)c2ccc(C(=O)c3ccccc3)cc2)cc1OC. The molecule has 1 heterocycles. The highest BCUT2D eigenvalue weighted by molar-refractivity contribution is 6.09. The van der Waals surface area contributed by atoms with E-state index in [1.165, 1.54) is 0 Å². The van der Waals surface area contributed by atoms with Gasteiger partial charge in [0.25, 0.3) is 0 Å². The molecule has 0 spiro atoms. The monoisotopic (exact) mass is 457 g/mol. The predicted octanol–water partition coefficient (Wildman–Crippen LogP) is 4.23. The van der Waals surface area contributed by atoms with Crippen molar-refractivity contribution in [3.05, 3.63) is 101 Å². The Morgan fingerprint density at radius 1 is 0.765 bits per heavy atom. The highest BCUT2D eigenvalue weighted by atomic mass is 16.5. The van der Waals surface area contributed by atoms with Gasteiger partial charge in [-0.3, -0.25) is 9.59 Å². The first kappa shape index (κ1) is 23.3. The van der Waals surface area contributed by atoms with Gasteiger partial charge >= 0.3 is 0 Å². The number of carbonyl (C=O) groups is 2. The van der Waals surface area contributed by atoms with Gasteiger partial charge in [-0.15, -0.1) is 0 Å². The van der Waals surface area contributed by atoms with E-state index in [0.717, 1.165) is 16.7 Å². The second-order valence-corrected chi connectivity index (χ2v) is 7.84. The van der Waals surface area contributed by atoms with Crippen LogP contribution in [0, 0.1) is 0 Å². The van der Waals surface area contributed by atoms with Crippen LogP contribution in [0.1, 0.15) is 27.0 Å². The van der Waals surface area contributed by atoms with Gasteiger partial charge in [0.15, 0.2) is 17.3 Å². The molecule has 0 radical (unpaired) electrons. The van der Waals surface area contributed by atoms with Crippen LogP contribution < -0.4 is 9.47 Å². The van der Waals surface area contributed by atoms with Crippen molar-refractivity contribution < 1.29 is 23.8 Å². The average molecular weight is 458 g/mol. The molecule has 0 bridgehead atoms. The van der Waals surface area contributed by atoms with Crippen molar-refractivity contribution in [2.45, 2.75) is 0 Å². The van der Waals surface area contributed by atoms with Gasteiger partial charge in [0, 0.05) is 30.3 Å². The largest absolute Gasteiger partial charge is 0.493 e. The topological polar surface area (TPSA) is 65.1 Å². The minimum absolute atomic E-state index is 0.0480. The lowest BCUT2D eigenvalue weighted by Crippen LogP contribution is -2.39. The van der Waals surface area contributed by atoms with Crippen LogP contribution in [-0.4, -0.2) is 57.1 Å². The number of benzene rings is 3. The van der Waals surface area contributed by atoms with Crippen molar-refractivity contribution in [2.75, 3.05) is 40.5 Å². The molecule has 6 heteroatoms. The third-order valence-corrected chi connectivity index (χ3v) is 5.78. The minimum Gasteiger partial charge on any atom is -0.493 e. The van der Waals surface area contributed by atoms with E-state index in [4.69, 9.17) is 14.2 Å². The van der Waals surface area contributed by atoms with Gasteiger partial charge in [-0.05, 0) is 28.8 Å². The molecule has 1 fully saturated rings. The number of amides is 1. The summed E-state index contributed by atoms with van der Waals surface area (Å²) in [5.41, 5.74) is 3.57. The van der Waals surface area contributed by atoms with Crippen LogP contribution in [0.4, 0.5) is 0 Å². The molecule has 1 amide bonds. The van der Waals surface area contributed by atoms with E-state index in [0.29, 0.717) is 48.9 Å². The van der Waals surface area contributed by atoms with Gasteiger partial charge in [-0.2, -0.15) is 0 Å². The summed E-state index contributed by atoms with van der Waals surface area (Å²) in [6, 6.07) is 22.0. The maximum Gasteiger partial charge on any atom is 0.247 e. The Kier molecular flexibility index (Phi) is 7.40. The summed E-state index contributed by atoms with van der Waals surface area (Å²) >= 11 is 0. The van der Waals surface area contributed by atoms with Gasteiger partial charge in [-0.25, -0.2) is 0 Å². The molecule has 1 saturated heterocycles. The molecule has 3 aromatic carbocycles. The second kappa shape index (κ2) is 10.8. The summed E-state index contributed by atoms with van der Waals surface area (Å²) in [4.78, 5) is 27.7. The Morgan fingerprint density at radius 3 is 2.00 bits per heavy atom. The van der Waals surface area contributed by atoms with Crippen LogP contribution in [0.25, 0.3) is 5.57 Å². The standard InChI is InChI=1S/C28H27NO5/c1-32-25-13-12-23(18-26(25)33-2)24(19-27(30)29-14-16-34-17-15-29)20-8-10-22(11-9-20)28(31)21-6-4-3-5-7-21/h3-13,18-19H,14-17H2,1-2H3. The molecule has 0 N–H and O–H groups in total. The second-order valence-electron chi connectivity index (χ2n) is 7.84. The Balaban J connectivity index is 1.71. The van der Waals surface area contributed by atoms with E-state index in [1.54, 1.807) is 49.5 Å². The molecule has 174 valence electrons. The summed E-state index contributed by atoms with van der Waals surface area (Å²) in [6.45, 7) is 2.17. The van der Waals surface area contributed by atoms with E-state index < -0.39 is 0 Å². The summed E-state index contributed by atoms with van der Waals surface area (Å²) in [5, 5.41) is 0. The zero-order valence-corrected chi connectivity index (χ0v) is 19.3. The zero-order chi connectivity index (χ0) is 23.9. The highest BCUT2D eigenvalue weighted by Gasteiger charge is 2.18. The summed E-state index contributed by atoms with van der Waals surface area (Å²) in [5.74, 6) is 1.04. The Bertz CT molecular complexity index is 1180. The van der Waals surface area contributed by atoms with E-state index in [1.807, 2.05) is 48.5 Å². The molecule has 1 aliphatic rings. The van der Waals surface area contributed by atoms with E-state index >= 15 is 0 Å². The van der Waals surface area contributed by atoms with Gasteiger partial charge in [0.2, 0.25) is 5.91 Å². The van der Waals surface area contributed by atoms with Crippen LogP contribution in [0.5, 0.6) is 11.5 Å². The number of rotatable bonds is 7. The fourth-order valence-corrected chi connectivity index (χ4v) is 3.89. The molecule has 6 nitrogen and oxygen atoms in total. The molecule has 1 aliphatic heterocycles. The van der Waals surface area contributed by atoms with Crippen LogP contribution >= 0.6 is 0 Å². The van der Waals surface area contributed by atoms with Gasteiger partial charge in [-0.1, -0.05) is 60.7 Å². The van der Waals surface area contributed by atoms with E-state index in [-0.39, 0.29) is 11.7 Å². The first-order valence-corrected chi connectivity index (χ1v) is 11.1. The smallest absolute Gasteiger partial charge is 0.247 e. The number of hydrogen-bond donors (Lipinski definition) is 0. The third-order valence-electron chi connectivity index (χ3n) is 5.78. The third kappa shape index (κ3) is 5.18. The van der Waals surface area contributed by atoms with Crippen molar-refractivity contribution in [3.8, 4) is 11.5 Å². The highest BCUT2D eigenvalue weighted by Crippen LogP contribution is 2.33.